The summed E-state index contributed by atoms with van der Waals surface area (Å²) in [5.41, 5.74) is -2.87. The average molecular weight is 801 g/mol. The van der Waals surface area contributed by atoms with Gasteiger partial charge in [-0.2, -0.15) is 26.3 Å². The van der Waals surface area contributed by atoms with Gasteiger partial charge in [-0.1, -0.05) is 62.4 Å². The summed E-state index contributed by atoms with van der Waals surface area (Å²) < 4.78 is 92.2. The van der Waals surface area contributed by atoms with E-state index in [1.807, 2.05) is 32.0 Å². The molecule has 57 heavy (non-hydrogen) atoms. The number of aromatic amines is 1. The molecule has 3 aromatic carbocycles. The number of fused-ring (bicyclic) bond motifs is 1. The third-order valence-electron chi connectivity index (χ3n) is 10.4. The molecule has 10 nitrogen and oxygen atoms in total. The number of ether oxygens (including phenoxy) is 2. The highest BCUT2D eigenvalue weighted by molar-refractivity contribution is 5.97. The van der Waals surface area contributed by atoms with Gasteiger partial charge in [-0.25, -0.2) is 9.59 Å². The molecule has 6 rings (SSSR count). The first kappa shape index (κ1) is 41.1. The second kappa shape index (κ2) is 16.5. The van der Waals surface area contributed by atoms with E-state index in [1.54, 1.807) is 42.6 Å². The fraction of sp³-hybridized carbons (Fsp3) is 0.415. The molecule has 16 heteroatoms. The highest BCUT2D eigenvalue weighted by Gasteiger charge is 2.57. The molecule has 2 fully saturated rings. The van der Waals surface area contributed by atoms with Gasteiger partial charge in [-0.05, 0) is 72.6 Å². The number of carbonyl (C=O) groups is 4. The van der Waals surface area contributed by atoms with Gasteiger partial charge in [-0.15, -0.1) is 0 Å². The molecule has 3 atom stereocenters. The van der Waals surface area contributed by atoms with E-state index in [1.165, 1.54) is 9.80 Å². The predicted molar refractivity (Wildman–Crippen MR) is 195 cm³/mol. The normalized spacial score (nSPS) is 18.4. The number of para-hydroxylation sites is 1. The first-order valence-electron chi connectivity index (χ1n) is 18.6. The Morgan fingerprint density at radius 2 is 1.49 bits per heavy atom. The molecule has 0 unspecified atom stereocenters. The number of nitrogens with one attached hydrogen (secondary N) is 2. The zero-order chi connectivity index (χ0) is 41.1. The zero-order valence-corrected chi connectivity index (χ0v) is 31.2. The first-order valence-corrected chi connectivity index (χ1v) is 18.6. The molecule has 1 spiro atoms. The summed E-state index contributed by atoms with van der Waals surface area (Å²) in [7, 11) is 0. The molecule has 0 saturated carbocycles. The lowest BCUT2D eigenvalue weighted by molar-refractivity contribution is -0.150. The lowest BCUT2D eigenvalue weighted by Crippen LogP contribution is -2.57. The number of aromatic nitrogens is 1. The van der Waals surface area contributed by atoms with E-state index in [9.17, 15) is 45.5 Å². The number of H-pyrrole nitrogens is 1. The monoisotopic (exact) mass is 800 g/mol. The predicted octanol–water partition coefficient (Wildman–Crippen LogP) is 7.79. The van der Waals surface area contributed by atoms with Gasteiger partial charge in [0.05, 0.1) is 11.1 Å². The van der Waals surface area contributed by atoms with Gasteiger partial charge in [0.25, 0.3) is 0 Å². The van der Waals surface area contributed by atoms with Gasteiger partial charge >= 0.3 is 24.4 Å². The fourth-order valence-electron chi connectivity index (χ4n) is 7.66. The third-order valence-corrected chi connectivity index (χ3v) is 10.4. The summed E-state index contributed by atoms with van der Waals surface area (Å²) in [6.07, 6.45) is -8.11. The highest BCUT2D eigenvalue weighted by atomic mass is 19.4. The maximum absolute atomic E-state index is 14.4. The lowest BCUT2D eigenvalue weighted by atomic mass is 9.94. The largest absolute Gasteiger partial charge is 0.459 e. The van der Waals surface area contributed by atoms with Crippen LogP contribution in [0, 0.1) is 5.92 Å². The van der Waals surface area contributed by atoms with Crippen LogP contribution < -0.4 is 5.32 Å². The van der Waals surface area contributed by atoms with Crippen LogP contribution >= 0.6 is 0 Å². The molecular weight excluding hydrogens is 758 g/mol. The van der Waals surface area contributed by atoms with Crippen LogP contribution in [0.4, 0.5) is 31.1 Å². The summed E-state index contributed by atoms with van der Waals surface area (Å²) in [6, 6.07) is 14.5. The average Bonchev–Trinajstić information content (AvgIpc) is 3.88. The molecule has 2 aliphatic rings. The lowest BCUT2D eigenvalue weighted by Gasteiger charge is -2.35. The van der Waals surface area contributed by atoms with Crippen molar-refractivity contribution in [2.75, 3.05) is 13.1 Å². The number of esters is 1. The molecular formula is C41H42F6N4O6. The second-order valence-electron chi connectivity index (χ2n) is 14.9. The van der Waals surface area contributed by atoms with Crippen molar-refractivity contribution in [3.8, 4) is 0 Å². The number of halogens is 6. The Hall–Kier alpha value is -5.54. The summed E-state index contributed by atoms with van der Waals surface area (Å²) in [6.45, 7) is 3.16. The van der Waals surface area contributed by atoms with Crippen molar-refractivity contribution in [2.45, 2.75) is 89.1 Å². The molecule has 1 aromatic heterocycles. The highest BCUT2D eigenvalue weighted by Crippen LogP contribution is 2.41. The first-order chi connectivity index (χ1) is 27.0. The van der Waals surface area contributed by atoms with Crippen LogP contribution in [0.2, 0.25) is 0 Å². The van der Waals surface area contributed by atoms with Gasteiger partial charge < -0.3 is 24.7 Å². The Labute approximate surface area is 324 Å². The van der Waals surface area contributed by atoms with Crippen molar-refractivity contribution in [1.29, 1.82) is 0 Å². The molecule has 3 amide bonds. The third kappa shape index (κ3) is 9.21. The van der Waals surface area contributed by atoms with E-state index in [0.717, 1.165) is 5.56 Å². The molecule has 3 heterocycles. The Bertz CT molecular complexity index is 2070. The number of benzene rings is 3. The van der Waals surface area contributed by atoms with Crippen LogP contribution in [-0.2, 0) is 55.8 Å². The molecule has 2 N–H and O–H groups in total. The van der Waals surface area contributed by atoms with Gasteiger partial charge in [0, 0.05) is 36.6 Å². The molecule has 0 radical (unpaired) electrons. The van der Waals surface area contributed by atoms with Crippen LogP contribution in [0.1, 0.15) is 67.3 Å². The quantitative estimate of drug-likeness (QED) is 0.112. The summed E-state index contributed by atoms with van der Waals surface area (Å²) >= 11 is 0. The van der Waals surface area contributed by atoms with Crippen LogP contribution in [-0.4, -0.2) is 69.4 Å². The smallest absolute Gasteiger partial charge is 0.416 e. The Kier molecular flexibility index (Phi) is 11.9. The van der Waals surface area contributed by atoms with Gasteiger partial charge in [-0.3, -0.25) is 14.5 Å². The van der Waals surface area contributed by atoms with E-state index >= 15 is 0 Å². The van der Waals surface area contributed by atoms with Crippen molar-refractivity contribution in [1.82, 2.24) is 20.1 Å². The van der Waals surface area contributed by atoms with E-state index in [-0.39, 0.29) is 50.9 Å². The van der Waals surface area contributed by atoms with E-state index < -0.39 is 77.1 Å². The molecule has 0 bridgehead atoms. The maximum Gasteiger partial charge on any atom is 0.416 e. The van der Waals surface area contributed by atoms with Crippen LogP contribution in [0.3, 0.4) is 0 Å². The Balaban J connectivity index is 1.23. The number of amides is 3. The van der Waals surface area contributed by atoms with Crippen LogP contribution in [0.5, 0.6) is 0 Å². The summed E-state index contributed by atoms with van der Waals surface area (Å²) in [5, 5.41) is 3.40. The zero-order valence-electron chi connectivity index (χ0n) is 31.2. The SMILES string of the molecule is CC(C)C[C@@H](C(=O)N[C@@H](Cc1c[nH]c2ccccc12)C(=O)OCc1cc(C(F)(F)F)cc(C(F)(F)F)c1)N1CC[C@]2(CCCN2C(=O)OCc2ccccc2)C1=O. The summed E-state index contributed by atoms with van der Waals surface area (Å²) in [5.74, 6) is -2.39. The molecule has 0 aliphatic carbocycles. The number of carbonyl (C=O) groups excluding carboxylic acids is 4. The second-order valence-corrected chi connectivity index (χ2v) is 14.9. The van der Waals surface area contributed by atoms with Crippen molar-refractivity contribution < 1.29 is 55.0 Å². The number of likely N-dealkylation sites (tertiary alicyclic amines) is 2. The van der Waals surface area contributed by atoms with Crippen molar-refractivity contribution in [2.24, 2.45) is 5.92 Å². The van der Waals surface area contributed by atoms with Crippen LogP contribution in [0.25, 0.3) is 10.9 Å². The van der Waals surface area contributed by atoms with Gasteiger partial charge in [0.15, 0.2) is 0 Å². The molecule has 2 saturated heterocycles. The van der Waals surface area contributed by atoms with Crippen molar-refractivity contribution >= 4 is 34.8 Å². The van der Waals surface area contributed by atoms with Gasteiger partial charge in [0.2, 0.25) is 11.8 Å². The van der Waals surface area contributed by atoms with E-state index in [0.29, 0.717) is 41.4 Å². The van der Waals surface area contributed by atoms with Crippen LogP contribution in [0.15, 0.2) is 79.0 Å². The Morgan fingerprint density at radius 1 is 0.842 bits per heavy atom. The van der Waals surface area contributed by atoms with Crippen molar-refractivity contribution in [3.63, 3.8) is 0 Å². The van der Waals surface area contributed by atoms with Crippen molar-refractivity contribution in [3.05, 3.63) is 107 Å². The minimum Gasteiger partial charge on any atom is -0.459 e. The molecule has 304 valence electrons. The van der Waals surface area contributed by atoms with E-state index in [2.05, 4.69) is 10.3 Å². The van der Waals surface area contributed by atoms with Gasteiger partial charge in [0.1, 0.15) is 30.8 Å². The minimum atomic E-state index is -5.11. The number of rotatable bonds is 12. The number of hydrogen-bond acceptors (Lipinski definition) is 6. The molecule has 2 aliphatic heterocycles. The fourth-order valence-corrected chi connectivity index (χ4v) is 7.66. The topological polar surface area (TPSA) is 121 Å². The maximum atomic E-state index is 14.4. The van der Waals surface area contributed by atoms with E-state index in [4.69, 9.17) is 9.47 Å². The minimum absolute atomic E-state index is 0.00765. The standard InChI is InChI=1S/C41H42F6N4O6/c1-25(2)17-34(50-16-14-39(37(50)54)13-8-15-51(39)38(55)57-23-26-9-4-3-5-10-26)35(52)49-33(20-28-22-48-32-12-7-6-11-31(28)32)36(53)56-24-27-18-29(40(42,43)44)21-30(19-27)41(45,46)47/h3-7,9-12,18-19,21-22,25,33-34,48H,8,13-17,20,23-24H2,1-2H3,(H,49,52)/t33-,34-,39+/m0/s1. The molecule has 4 aromatic rings. The number of nitrogens with zero attached hydrogens (tertiary/aromatic N) is 2. The Morgan fingerprint density at radius 3 is 2.16 bits per heavy atom. The number of alkyl halides is 6. The number of hydrogen-bond donors (Lipinski definition) is 2. The summed E-state index contributed by atoms with van der Waals surface area (Å²) in [4.78, 5) is 61.7.